The van der Waals surface area contributed by atoms with Crippen LogP contribution in [0, 0.1) is 5.92 Å². The molecule has 0 aliphatic heterocycles. The maximum absolute atomic E-state index is 10.2. The number of carboxylic acids is 1. The van der Waals surface area contributed by atoms with Gasteiger partial charge in [0.2, 0.25) is 0 Å². The zero-order valence-electron chi connectivity index (χ0n) is 5.66. The third-order valence-electron chi connectivity index (χ3n) is 1.85. The summed E-state index contributed by atoms with van der Waals surface area (Å²) in [5, 5.41) is 8.38. The SMILES string of the molecule is N[C@H](C[C@H]1C[C@H]1N)C(=O)O. The second-order valence-corrected chi connectivity index (χ2v) is 2.84. The van der Waals surface area contributed by atoms with Gasteiger partial charge in [0.05, 0.1) is 0 Å². The summed E-state index contributed by atoms with van der Waals surface area (Å²) in [4.78, 5) is 10.2. The van der Waals surface area contributed by atoms with Crippen LogP contribution in [0.15, 0.2) is 0 Å². The van der Waals surface area contributed by atoms with E-state index in [0.717, 1.165) is 6.42 Å². The second kappa shape index (κ2) is 2.56. The Bertz CT molecular complexity index is 149. The molecule has 0 spiro atoms. The molecule has 5 N–H and O–H groups in total. The minimum absolute atomic E-state index is 0.199. The van der Waals surface area contributed by atoms with Crippen molar-refractivity contribution in [1.29, 1.82) is 0 Å². The highest BCUT2D eigenvalue weighted by atomic mass is 16.4. The van der Waals surface area contributed by atoms with E-state index >= 15 is 0 Å². The van der Waals surface area contributed by atoms with Crippen LogP contribution in [0.5, 0.6) is 0 Å². The lowest BCUT2D eigenvalue weighted by molar-refractivity contribution is -0.138. The Labute approximate surface area is 59.2 Å². The maximum Gasteiger partial charge on any atom is 0.320 e. The molecule has 0 amide bonds. The lowest BCUT2D eigenvalue weighted by atomic mass is 10.1. The van der Waals surface area contributed by atoms with Gasteiger partial charge in [0, 0.05) is 6.04 Å². The molecule has 4 heteroatoms. The van der Waals surface area contributed by atoms with E-state index in [1.54, 1.807) is 0 Å². The fourth-order valence-corrected chi connectivity index (χ4v) is 0.969. The lowest BCUT2D eigenvalue weighted by Crippen LogP contribution is -2.31. The number of nitrogens with two attached hydrogens (primary N) is 2. The van der Waals surface area contributed by atoms with E-state index < -0.39 is 12.0 Å². The van der Waals surface area contributed by atoms with Gasteiger partial charge in [-0.3, -0.25) is 4.79 Å². The van der Waals surface area contributed by atoms with E-state index in [0.29, 0.717) is 12.3 Å². The van der Waals surface area contributed by atoms with Crippen molar-refractivity contribution in [2.45, 2.75) is 24.9 Å². The van der Waals surface area contributed by atoms with Crippen LogP contribution in [0.25, 0.3) is 0 Å². The minimum atomic E-state index is -0.931. The first-order valence-electron chi connectivity index (χ1n) is 3.35. The predicted octanol–water partition coefficient (Wildman–Crippen LogP) is -0.864. The summed E-state index contributed by atoms with van der Waals surface area (Å²) in [7, 11) is 0. The molecule has 58 valence electrons. The van der Waals surface area contributed by atoms with Gasteiger partial charge in [-0.25, -0.2) is 0 Å². The standard InChI is InChI=1S/C6H12N2O2/c7-4-1-3(4)2-5(8)6(9)10/h3-5H,1-2,7-8H2,(H,9,10)/t3-,4-,5-/m1/s1. The van der Waals surface area contributed by atoms with Gasteiger partial charge in [0.15, 0.2) is 0 Å². The molecule has 0 aromatic rings. The van der Waals surface area contributed by atoms with Crippen molar-refractivity contribution in [2.24, 2.45) is 17.4 Å². The Morgan fingerprint density at radius 3 is 2.60 bits per heavy atom. The number of rotatable bonds is 3. The van der Waals surface area contributed by atoms with Gasteiger partial charge in [-0.05, 0) is 18.8 Å². The Morgan fingerprint density at radius 2 is 2.30 bits per heavy atom. The molecule has 0 heterocycles. The van der Waals surface area contributed by atoms with Gasteiger partial charge in [0.1, 0.15) is 6.04 Å². The van der Waals surface area contributed by atoms with Crippen LogP contribution in [0.4, 0.5) is 0 Å². The Balaban J connectivity index is 2.19. The molecule has 0 aromatic carbocycles. The van der Waals surface area contributed by atoms with Crippen molar-refractivity contribution < 1.29 is 9.90 Å². The fourth-order valence-electron chi connectivity index (χ4n) is 0.969. The van der Waals surface area contributed by atoms with Gasteiger partial charge in [0.25, 0.3) is 0 Å². The van der Waals surface area contributed by atoms with Crippen LogP contribution in [-0.4, -0.2) is 23.2 Å². The van der Waals surface area contributed by atoms with E-state index in [1.165, 1.54) is 0 Å². The smallest absolute Gasteiger partial charge is 0.320 e. The summed E-state index contributed by atoms with van der Waals surface area (Å²) < 4.78 is 0. The molecule has 0 saturated heterocycles. The summed E-state index contributed by atoms with van der Waals surface area (Å²) in [6, 6.07) is -0.524. The second-order valence-electron chi connectivity index (χ2n) is 2.84. The molecule has 0 unspecified atom stereocenters. The largest absolute Gasteiger partial charge is 0.480 e. The number of hydrogen-bond donors (Lipinski definition) is 3. The highest BCUT2D eigenvalue weighted by Gasteiger charge is 2.35. The molecule has 0 aromatic heterocycles. The van der Waals surface area contributed by atoms with Crippen molar-refractivity contribution >= 4 is 5.97 Å². The number of aliphatic carboxylic acids is 1. The van der Waals surface area contributed by atoms with Crippen molar-refractivity contribution in [3.05, 3.63) is 0 Å². The summed E-state index contributed by atoms with van der Waals surface area (Å²) >= 11 is 0. The van der Waals surface area contributed by atoms with Crippen LogP contribution >= 0.6 is 0 Å². The first kappa shape index (κ1) is 7.50. The molecule has 0 bridgehead atoms. The zero-order chi connectivity index (χ0) is 7.72. The zero-order valence-corrected chi connectivity index (χ0v) is 5.66. The van der Waals surface area contributed by atoms with E-state index in [1.807, 2.05) is 0 Å². The van der Waals surface area contributed by atoms with E-state index in [-0.39, 0.29) is 6.04 Å². The first-order valence-corrected chi connectivity index (χ1v) is 3.35. The van der Waals surface area contributed by atoms with E-state index in [4.69, 9.17) is 16.6 Å². The molecular weight excluding hydrogens is 132 g/mol. The summed E-state index contributed by atoms with van der Waals surface area (Å²) in [6.45, 7) is 0. The van der Waals surface area contributed by atoms with Crippen LogP contribution in [0.1, 0.15) is 12.8 Å². The van der Waals surface area contributed by atoms with Crippen molar-refractivity contribution in [3.8, 4) is 0 Å². The van der Waals surface area contributed by atoms with Crippen molar-refractivity contribution in [3.63, 3.8) is 0 Å². The topological polar surface area (TPSA) is 89.3 Å². The highest BCUT2D eigenvalue weighted by molar-refractivity contribution is 5.73. The van der Waals surface area contributed by atoms with Gasteiger partial charge in [-0.2, -0.15) is 0 Å². The van der Waals surface area contributed by atoms with Crippen LogP contribution in [-0.2, 0) is 4.79 Å². The fraction of sp³-hybridized carbons (Fsp3) is 0.833. The molecule has 1 fully saturated rings. The van der Waals surface area contributed by atoms with Crippen LogP contribution in [0.2, 0.25) is 0 Å². The third kappa shape index (κ3) is 1.68. The molecule has 1 aliphatic carbocycles. The minimum Gasteiger partial charge on any atom is -0.480 e. The number of carboxylic acid groups (broad SMARTS) is 1. The van der Waals surface area contributed by atoms with E-state index in [2.05, 4.69) is 0 Å². The molecule has 4 nitrogen and oxygen atoms in total. The van der Waals surface area contributed by atoms with Gasteiger partial charge in [-0.15, -0.1) is 0 Å². The number of hydrogen-bond acceptors (Lipinski definition) is 3. The molecule has 10 heavy (non-hydrogen) atoms. The maximum atomic E-state index is 10.2. The highest BCUT2D eigenvalue weighted by Crippen LogP contribution is 2.31. The summed E-state index contributed by atoms with van der Waals surface area (Å²) in [6.07, 6.45) is 1.46. The molecular formula is C6H12N2O2. The number of carbonyl (C=O) groups is 1. The lowest BCUT2D eigenvalue weighted by Gasteiger charge is -2.02. The third-order valence-corrected chi connectivity index (χ3v) is 1.85. The van der Waals surface area contributed by atoms with Crippen molar-refractivity contribution in [2.75, 3.05) is 0 Å². The first-order chi connectivity index (χ1) is 4.61. The Hall–Kier alpha value is -0.610. The average Bonchev–Trinajstić information content (AvgIpc) is 2.46. The molecule has 0 radical (unpaired) electrons. The average molecular weight is 144 g/mol. The van der Waals surface area contributed by atoms with Crippen LogP contribution < -0.4 is 11.5 Å². The monoisotopic (exact) mass is 144 g/mol. The molecule has 1 saturated carbocycles. The van der Waals surface area contributed by atoms with Crippen molar-refractivity contribution in [1.82, 2.24) is 0 Å². The van der Waals surface area contributed by atoms with Gasteiger partial charge in [-0.1, -0.05) is 0 Å². The molecule has 1 rings (SSSR count). The quantitative estimate of drug-likeness (QED) is 0.480. The van der Waals surface area contributed by atoms with Gasteiger partial charge < -0.3 is 16.6 Å². The van der Waals surface area contributed by atoms with E-state index in [9.17, 15) is 4.79 Å². The predicted molar refractivity (Wildman–Crippen MR) is 36.3 cm³/mol. The normalized spacial score (nSPS) is 33.4. The van der Waals surface area contributed by atoms with Gasteiger partial charge >= 0.3 is 5.97 Å². The molecule has 1 aliphatic rings. The summed E-state index contributed by atoms with van der Waals surface area (Å²) in [5.41, 5.74) is 10.7. The Kier molecular flexibility index (Phi) is 1.92. The molecule has 3 atom stereocenters. The Morgan fingerprint density at radius 1 is 1.80 bits per heavy atom. The van der Waals surface area contributed by atoms with Crippen LogP contribution in [0.3, 0.4) is 0 Å². The summed E-state index contributed by atoms with van der Waals surface area (Å²) in [5.74, 6) is -0.579.